The van der Waals surface area contributed by atoms with Gasteiger partial charge in [-0.3, -0.25) is 0 Å². The van der Waals surface area contributed by atoms with E-state index in [-0.39, 0.29) is 0 Å². The van der Waals surface area contributed by atoms with Gasteiger partial charge in [0, 0.05) is 12.1 Å². The highest BCUT2D eigenvalue weighted by molar-refractivity contribution is 4.76. The van der Waals surface area contributed by atoms with E-state index in [1.807, 2.05) is 0 Å². The molecule has 0 amide bonds. The molecule has 1 saturated carbocycles. The van der Waals surface area contributed by atoms with Gasteiger partial charge in [-0.05, 0) is 38.5 Å². The van der Waals surface area contributed by atoms with E-state index in [0.717, 1.165) is 12.0 Å². The first-order valence-corrected chi connectivity index (χ1v) is 6.52. The largest absolute Gasteiger partial charge is 0.312 e. The molecule has 1 heteroatoms. The molecule has 1 aliphatic rings. The Morgan fingerprint density at radius 2 is 1.93 bits per heavy atom. The highest BCUT2D eigenvalue weighted by Crippen LogP contribution is 2.25. The van der Waals surface area contributed by atoms with Crippen LogP contribution in [0, 0.1) is 5.92 Å². The molecule has 1 rings (SSSR count). The molecule has 0 spiro atoms. The summed E-state index contributed by atoms with van der Waals surface area (Å²) in [6, 6.07) is 1.51. The summed E-state index contributed by atoms with van der Waals surface area (Å²) < 4.78 is 0. The van der Waals surface area contributed by atoms with Crippen LogP contribution in [0.3, 0.4) is 0 Å². The van der Waals surface area contributed by atoms with E-state index in [1.54, 1.807) is 0 Å². The van der Waals surface area contributed by atoms with Crippen LogP contribution in [0.25, 0.3) is 0 Å². The Bertz CT molecular complexity index is 144. The number of rotatable bonds is 4. The number of hydrogen-bond acceptors (Lipinski definition) is 1. The average Bonchev–Trinajstić information content (AvgIpc) is 2.43. The molecule has 1 aliphatic carbocycles. The third-order valence-electron chi connectivity index (χ3n) is 3.80. The minimum Gasteiger partial charge on any atom is -0.312 e. The average molecular weight is 197 g/mol. The van der Waals surface area contributed by atoms with Crippen molar-refractivity contribution in [2.75, 3.05) is 0 Å². The van der Waals surface area contributed by atoms with Crippen molar-refractivity contribution < 1.29 is 0 Å². The summed E-state index contributed by atoms with van der Waals surface area (Å²) in [5.41, 5.74) is 0. The lowest BCUT2D eigenvalue weighted by atomic mass is 9.98. The molecule has 0 aromatic carbocycles. The first-order chi connectivity index (χ1) is 6.76. The monoisotopic (exact) mass is 197 g/mol. The molecule has 0 heterocycles. The van der Waals surface area contributed by atoms with Gasteiger partial charge in [-0.1, -0.05) is 33.1 Å². The Labute approximate surface area is 89.7 Å². The topological polar surface area (TPSA) is 12.0 Å². The minimum atomic E-state index is 0.707. The molecular weight excluding hydrogens is 170 g/mol. The summed E-state index contributed by atoms with van der Waals surface area (Å²) in [7, 11) is 0. The molecule has 0 aromatic rings. The van der Waals surface area contributed by atoms with Crippen molar-refractivity contribution in [1.29, 1.82) is 0 Å². The lowest BCUT2D eigenvalue weighted by Crippen LogP contribution is -2.35. The standard InChI is InChI=1S/C13H27N/c1-4-11(3)14-13-8-6-7-12(5-2)9-10-13/h11-14H,4-10H2,1-3H3. The summed E-state index contributed by atoms with van der Waals surface area (Å²) >= 11 is 0. The van der Waals surface area contributed by atoms with Crippen LogP contribution in [0.2, 0.25) is 0 Å². The molecule has 1 fully saturated rings. The molecule has 84 valence electrons. The van der Waals surface area contributed by atoms with Gasteiger partial charge in [-0.25, -0.2) is 0 Å². The molecule has 3 atom stereocenters. The molecule has 0 aromatic heterocycles. The van der Waals surface area contributed by atoms with Crippen LogP contribution in [0.1, 0.15) is 65.7 Å². The zero-order chi connectivity index (χ0) is 10.4. The van der Waals surface area contributed by atoms with E-state index < -0.39 is 0 Å². The van der Waals surface area contributed by atoms with E-state index in [4.69, 9.17) is 0 Å². The molecule has 0 radical (unpaired) electrons. The Hall–Kier alpha value is -0.0400. The van der Waals surface area contributed by atoms with Gasteiger partial charge >= 0.3 is 0 Å². The normalized spacial score (nSPS) is 31.1. The van der Waals surface area contributed by atoms with Crippen molar-refractivity contribution in [3.05, 3.63) is 0 Å². The fourth-order valence-electron chi connectivity index (χ4n) is 2.47. The Kier molecular flexibility index (Phi) is 5.54. The second-order valence-electron chi connectivity index (χ2n) is 4.96. The van der Waals surface area contributed by atoms with E-state index in [0.29, 0.717) is 6.04 Å². The van der Waals surface area contributed by atoms with Crippen LogP contribution in [0.5, 0.6) is 0 Å². The number of hydrogen-bond donors (Lipinski definition) is 1. The third kappa shape index (κ3) is 4.00. The van der Waals surface area contributed by atoms with Gasteiger partial charge in [0.05, 0.1) is 0 Å². The van der Waals surface area contributed by atoms with Crippen molar-refractivity contribution >= 4 is 0 Å². The lowest BCUT2D eigenvalue weighted by molar-refractivity contribution is 0.390. The maximum Gasteiger partial charge on any atom is 0.00696 e. The summed E-state index contributed by atoms with van der Waals surface area (Å²) in [4.78, 5) is 0. The Morgan fingerprint density at radius 3 is 2.57 bits per heavy atom. The third-order valence-corrected chi connectivity index (χ3v) is 3.80. The lowest BCUT2D eigenvalue weighted by Gasteiger charge is -2.21. The van der Waals surface area contributed by atoms with Crippen molar-refractivity contribution in [3.8, 4) is 0 Å². The molecule has 0 bridgehead atoms. The second kappa shape index (κ2) is 6.44. The highest BCUT2D eigenvalue weighted by Gasteiger charge is 2.18. The van der Waals surface area contributed by atoms with Crippen LogP contribution < -0.4 is 5.32 Å². The minimum absolute atomic E-state index is 0.707. The summed E-state index contributed by atoms with van der Waals surface area (Å²) in [5.74, 6) is 1.01. The van der Waals surface area contributed by atoms with Crippen LogP contribution in [0.15, 0.2) is 0 Å². The van der Waals surface area contributed by atoms with Gasteiger partial charge in [-0.15, -0.1) is 0 Å². The molecule has 0 saturated heterocycles. The van der Waals surface area contributed by atoms with Gasteiger partial charge in [0.25, 0.3) is 0 Å². The van der Waals surface area contributed by atoms with Gasteiger partial charge in [0.1, 0.15) is 0 Å². The zero-order valence-corrected chi connectivity index (χ0v) is 10.2. The van der Waals surface area contributed by atoms with E-state index in [2.05, 4.69) is 26.1 Å². The number of nitrogens with one attached hydrogen (secondary N) is 1. The molecule has 14 heavy (non-hydrogen) atoms. The second-order valence-corrected chi connectivity index (χ2v) is 4.96. The van der Waals surface area contributed by atoms with Crippen LogP contribution in [-0.4, -0.2) is 12.1 Å². The Balaban J connectivity index is 2.27. The predicted molar refractivity (Wildman–Crippen MR) is 63.5 cm³/mol. The zero-order valence-electron chi connectivity index (χ0n) is 10.2. The quantitative estimate of drug-likeness (QED) is 0.677. The van der Waals surface area contributed by atoms with E-state index >= 15 is 0 Å². The fourth-order valence-corrected chi connectivity index (χ4v) is 2.47. The van der Waals surface area contributed by atoms with Gasteiger partial charge in [0.15, 0.2) is 0 Å². The van der Waals surface area contributed by atoms with Gasteiger partial charge in [-0.2, -0.15) is 0 Å². The first-order valence-electron chi connectivity index (χ1n) is 6.52. The van der Waals surface area contributed by atoms with Crippen LogP contribution in [0.4, 0.5) is 0 Å². The van der Waals surface area contributed by atoms with Gasteiger partial charge < -0.3 is 5.32 Å². The molecule has 1 N–H and O–H groups in total. The van der Waals surface area contributed by atoms with Crippen molar-refractivity contribution in [2.24, 2.45) is 5.92 Å². The van der Waals surface area contributed by atoms with Crippen molar-refractivity contribution in [3.63, 3.8) is 0 Å². The van der Waals surface area contributed by atoms with Crippen LogP contribution >= 0.6 is 0 Å². The summed E-state index contributed by atoms with van der Waals surface area (Å²) in [6.45, 7) is 6.92. The maximum atomic E-state index is 3.75. The van der Waals surface area contributed by atoms with Gasteiger partial charge in [0.2, 0.25) is 0 Å². The van der Waals surface area contributed by atoms with Crippen LogP contribution in [-0.2, 0) is 0 Å². The molecular formula is C13H27N. The SMILES string of the molecule is CCC1CCCC(NC(C)CC)CC1. The summed E-state index contributed by atoms with van der Waals surface area (Å²) in [6.07, 6.45) is 9.81. The summed E-state index contributed by atoms with van der Waals surface area (Å²) in [5, 5.41) is 3.75. The predicted octanol–water partition coefficient (Wildman–Crippen LogP) is 3.73. The van der Waals surface area contributed by atoms with Crippen molar-refractivity contribution in [1.82, 2.24) is 5.32 Å². The van der Waals surface area contributed by atoms with E-state index in [1.165, 1.54) is 44.9 Å². The Morgan fingerprint density at radius 1 is 1.14 bits per heavy atom. The molecule has 3 unspecified atom stereocenters. The molecule has 0 aliphatic heterocycles. The van der Waals surface area contributed by atoms with E-state index in [9.17, 15) is 0 Å². The molecule has 1 nitrogen and oxygen atoms in total. The van der Waals surface area contributed by atoms with Crippen molar-refractivity contribution in [2.45, 2.75) is 77.8 Å². The first kappa shape index (κ1) is 12.0. The maximum absolute atomic E-state index is 3.75. The highest BCUT2D eigenvalue weighted by atomic mass is 14.9. The fraction of sp³-hybridized carbons (Fsp3) is 1.00. The smallest absolute Gasteiger partial charge is 0.00696 e.